The molecule has 0 fully saturated rings. The first-order valence-corrected chi connectivity index (χ1v) is 9.51. The Morgan fingerprint density at radius 3 is 2.28 bits per heavy atom. The molecule has 29 heavy (non-hydrogen) atoms. The van der Waals surface area contributed by atoms with E-state index in [0.717, 1.165) is 0 Å². The van der Waals surface area contributed by atoms with E-state index in [2.05, 4.69) is 16.0 Å². The normalized spacial score (nSPS) is 10.2. The Balaban J connectivity index is 1.96. The van der Waals surface area contributed by atoms with Crippen molar-refractivity contribution in [2.75, 3.05) is 17.2 Å². The predicted octanol–water partition coefficient (Wildman–Crippen LogP) is 3.58. The lowest BCUT2D eigenvalue weighted by atomic mass is 10.1. The molecule has 0 unspecified atom stereocenters. The summed E-state index contributed by atoms with van der Waals surface area (Å²) >= 11 is 5.17. The maximum atomic E-state index is 12.4. The van der Waals surface area contributed by atoms with Crippen molar-refractivity contribution in [1.29, 1.82) is 0 Å². The Hall–Kier alpha value is -3.26. The number of anilines is 2. The molecule has 0 radical (unpaired) electrons. The predicted molar refractivity (Wildman–Crippen MR) is 116 cm³/mol. The molecule has 2 amide bonds. The van der Waals surface area contributed by atoms with Gasteiger partial charge in [-0.05, 0) is 61.6 Å². The molecule has 0 bridgehead atoms. The van der Waals surface area contributed by atoms with E-state index in [-0.39, 0.29) is 16.9 Å². The quantitative estimate of drug-likeness (QED) is 0.495. The second kappa shape index (κ2) is 10.3. The van der Waals surface area contributed by atoms with Crippen LogP contribution in [-0.2, 0) is 9.53 Å². The van der Waals surface area contributed by atoms with E-state index in [0.29, 0.717) is 29.1 Å². The van der Waals surface area contributed by atoms with Gasteiger partial charge in [0, 0.05) is 22.9 Å². The maximum Gasteiger partial charge on any atom is 0.338 e. The van der Waals surface area contributed by atoms with Crippen LogP contribution >= 0.6 is 12.2 Å². The Labute approximate surface area is 174 Å². The largest absolute Gasteiger partial charge is 0.462 e. The molecule has 0 saturated heterocycles. The molecule has 2 rings (SSSR count). The third-order valence-electron chi connectivity index (χ3n) is 3.80. The molecule has 2 aromatic rings. The molecule has 0 aromatic heterocycles. The number of hydrogen-bond donors (Lipinski definition) is 3. The molecule has 0 aliphatic rings. The summed E-state index contributed by atoms with van der Waals surface area (Å²) < 4.78 is 4.93. The lowest BCUT2D eigenvalue weighted by Crippen LogP contribution is -2.34. The molecule has 2 aromatic carbocycles. The standard InChI is InChI=1S/C21H23N3O4S/c1-4-28-20(27)14-8-10-16(11-9-14)23-21(29)24-19(26)15-6-5-7-17(12-15)22-18(25)13(2)3/h5-13H,4H2,1-3H3,(H,22,25)(H2,23,24,26,29). The van der Waals surface area contributed by atoms with Crippen LogP contribution < -0.4 is 16.0 Å². The van der Waals surface area contributed by atoms with E-state index < -0.39 is 11.9 Å². The summed E-state index contributed by atoms with van der Waals surface area (Å²) in [4.78, 5) is 35.9. The molecule has 8 heteroatoms. The summed E-state index contributed by atoms with van der Waals surface area (Å²) in [6.07, 6.45) is 0. The van der Waals surface area contributed by atoms with Gasteiger partial charge in [0.1, 0.15) is 0 Å². The number of nitrogens with one attached hydrogen (secondary N) is 3. The summed E-state index contributed by atoms with van der Waals surface area (Å²) in [5.41, 5.74) is 1.92. The molecule has 0 aliphatic carbocycles. The molecule has 0 heterocycles. The van der Waals surface area contributed by atoms with Crippen LogP contribution in [0.15, 0.2) is 48.5 Å². The number of hydrogen-bond acceptors (Lipinski definition) is 5. The van der Waals surface area contributed by atoms with E-state index in [1.807, 2.05) is 0 Å². The van der Waals surface area contributed by atoms with E-state index in [1.165, 1.54) is 0 Å². The van der Waals surface area contributed by atoms with Gasteiger partial charge in [0.15, 0.2) is 5.11 Å². The van der Waals surface area contributed by atoms with Gasteiger partial charge in [-0.2, -0.15) is 0 Å². The summed E-state index contributed by atoms with van der Waals surface area (Å²) in [6.45, 7) is 5.62. The summed E-state index contributed by atoms with van der Waals surface area (Å²) in [5.74, 6) is -1.11. The van der Waals surface area contributed by atoms with Crippen molar-refractivity contribution < 1.29 is 19.1 Å². The second-order valence-electron chi connectivity index (χ2n) is 6.43. The van der Waals surface area contributed by atoms with E-state index >= 15 is 0 Å². The van der Waals surface area contributed by atoms with Gasteiger partial charge in [0.2, 0.25) is 5.91 Å². The van der Waals surface area contributed by atoms with E-state index in [4.69, 9.17) is 17.0 Å². The SMILES string of the molecule is CCOC(=O)c1ccc(NC(=S)NC(=O)c2cccc(NC(=O)C(C)C)c2)cc1. The van der Waals surface area contributed by atoms with Crippen LogP contribution in [0.1, 0.15) is 41.5 Å². The van der Waals surface area contributed by atoms with Gasteiger partial charge in [0.05, 0.1) is 12.2 Å². The number of rotatable bonds is 6. The monoisotopic (exact) mass is 413 g/mol. The third kappa shape index (κ3) is 6.69. The van der Waals surface area contributed by atoms with Crippen molar-refractivity contribution in [3.05, 3.63) is 59.7 Å². The number of amides is 2. The minimum absolute atomic E-state index is 0.107. The van der Waals surface area contributed by atoms with Gasteiger partial charge in [-0.3, -0.25) is 14.9 Å². The van der Waals surface area contributed by atoms with Crippen molar-refractivity contribution in [3.8, 4) is 0 Å². The van der Waals surface area contributed by atoms with Crippen molar-refractivity contribution in [1.82, 2.24) is 5.32 Å². The number of carbonyl (C=O) groups excluding carboxylic acids is 3. The molecular weight excluding hydrogens is 390 g/mol. The molecule has 7 nitrogen and oxygen atoms in total. The molecule has 3 N–H and O–H groups in total. The van der Waals surface area contributed by atoms with Crippen LogP contribution in [0, 0.1) is 5.92 Å². The Bertz CT molecular complexity index is 910. The first-order chi connectivity index (χ1) is 13.8. The molecule has 0 aliphatic heterocycles. The highest BCUT2D eigenvalue weighted by Gasteiger charge is 2.12. The average Bonchev–Trinajstić information content (AvgIpc) is 2.68. The molecule has 0 saturated carbocycles. The number of thiocarbonyl (C=S) groups is 1. The zero-order valence-corrected chi connectivity index (χ0v) is 17.3. The topological polar surface area (TPSA) is 96.5 Å². The summed E-state index contributed by atoms with van der Waals surface area (Å²) in [7, 11) is 0. The number of carbonyl (C=O) groups is 3. The Kier molecular flexibility index (Phi) is 7.85. The first kappa shape index (κ1) is 22.0. The Morgan fingerprint density at radius 1 is 0.966 bits per heavy atom. The highest BCUT2D eigenvalue weighted by Crippen LogP contribution is 2.13. The van der Waals surface area contributed by atoms with Crippen molar-refractivity contribution in [2.24, 2.45) is 5.92 Å². The van der Waals surface area contributed by atoms with Crippen LogP contribution in [0.25, 0.3) is 0 Å². The van der Waals surface area contributed by atoms with Crippen molar-refractivity contribution >= 4 is 46.5 Å². The van der Waals surface area contributed by atoms with Crippen LogP contribution in [0.2, 0.25) is 0 Å². The second-order valence-corrected chi connectivity index (χ2v) is 6.84. The Morgan fingerprint density at radius 2 is 1.66 bits per heavy atom. The van der Waals surface area contributed by atoms with Gasteiger partial charge < -0.3 is 15.4 Å². The fourth-order valence-corrected chi connectivity index (χ4v) is 2.48. The third-order valence-corrected chi connectivity index (χ3v) is 4.00. The maximum absolute atomic E-state index is 12.4. The van der Waals surface area contributed by atoms with Crippen LogP contribution in [0.4, 0.5) is 11.4 Å². The summed E-state index contributed by atoms with van der Waals surface area (Å²) in [5, 5.41) is 8.32. The van der Waals surface area contributed by atoms with Gasteiger partial charge >= 0.3 is 5.97 Å². The van der Waals surface area contributed by atoms with Gasteiger partial charge in [-0.25, -0.2) is 4.79 Å². The number of benzene rings is 2. The molecular formula is C21H23N3O4S. The van der Waals surface area contributed by atoms with Crippen LogP contribution in [0.3, 0.4) is 0 Å². The minimum Gasteiger partial charge on any atom is -0.462 e. The van der Waals surface area contributed by atoms with Crippen LogP contribution in [0.5, 0.6) is 0 Å². The molecule has 0 atom stereocenters. The lowest BCUT2D eigenvalue weighted by Gasteiger charge is -2.11. The highest BCUT2D eigenvalue weighted by molar-refractivity contribution is 7.80. The average molecular weight is 413 g/mol. The summed E-state index contributed by atoms with van der Waals surface area (Å²) in [6, 6.07) is 13.1. The highest BCUT2D eigenvalue weighted by atomic mass is 32.1. The number of ether oxygens (including phenoxy) is 1. The van der Waals surface area contributed by atoms with Gasteiger partial charge in [-0.1, -0.05) is 19.9 Å². The lowest BCUT2D eigenvalue weighted by molar-refractivity contribution is -0.118. The number of esters is 1. The van der Waals surface area contributed by atoms with Crippen molar-refractivity contribution in [3.63, 3.8) is 0 Å². The fraction of sp³-hybridized carbons (Fsp3) is 0.238. The van der Waals surface area contributed by atoms with E-state index in [9.17, 15) is 14.4 Å². The fourth-order valence-electron chi connectivity index (χ4n) is 2.27. The smallest absolute Gasteiger partial charge is 0.338 e. The molecule has 152 valence electrons. The van der Waals surface area contributed by atoms with Gasteiger partial charge in [0.25, 0.3) is 5.91 Å². The molecule has 0 spiro atoms. The zero-order valence-electron chi connectivity index (χ0n) is 16.4. The first-order valence-electron chi connectivity index (χ1n) is 9.10. The van der Waals surface area contributed by atoms with E-state index in [1.54, 1.807) is 69.3 Å². The zero-order chi connectivity index (χ0) is 21.4. The van der Waals surface area contributed by atoms with Crippen LogP contribution in [-0.4, -0.2) is 29.5 Å². The minimum atomic E-state index is -0.411. The van der Waals surface area contributed by atoms with Crippen molar-refractivity contribution in [2.45, 2.75) is 20.8 Å². The van der Waals surface area contributed by atoms with Gasteiger partial charge in [-0.15, -0.1) is 0 Å².